The highest BCUT2D eigenvalue weighted by atomic mass is 16.2. The van der Waals surface area contributed by atoms with E-state index in [0.717, 1.165) is 35.6 Å². The Kier molecular flexibility index (Phi) is 5.81. The molecule has 5 rings (SSSR count). The van der Waals surface area contributed by atoms with E-state index in [4.69, 9.17) is 0 Å². The molecule has 33 heavy (non-hydrogen) atoms. The van der Waals surface area contributed by atoms with Gasteiger partial charge in [-0.1, -0.05) is 36.4 Å². The SMILES string of the molecule is CN1C(=O)[C@@H](NC(=O)c2ncn(Cc3ccccc3)n2)CCc2ccc(N3CCCC3)cc21. The molecule has 8 heteroatoms. The monoisotopic (exact) mass is 444 g/mol. The van der Waals surface area contributed by atoms with Crippen LogP contribution in [0.3, 0.4) is 0 Å². The fraction of sp³-hybridized carbons (Fsp3) is 0.360. The number of fused-ring (bicyclic) bond motifs is 1. The lowest BCUT2D eigenvalue weighted by Crippen LogP contribution is -2.47. The molecular weight excluding hydrogens is 416 g/mol. The number of amides is 2. The number of carbonyl (C=O) groups excluding carboxylic acids is 2. The smallest absolute Gasteiger partial charge is 0.291 e. The van der Waals surface area contributed by atoms with Gasteiger partial charge in [-0.3, -0.25) is 9.59 Å². The topological polar surface area (TPSA) is 83.4 Å². The number of rotatable bonds is 5. The number of anilines is 2. The molecule has 1 fully saturated rings. The second-order valence-electron chi connectivity index (χ2n) is 8.72. The quantitative estimate of drug-likeness (QED) is 0.654. The molecule has 170 valence electrons. The number of carbonyl (C=O) groups is 2. The molecule has 1 saturated heterocycles. The molecule has 1 N–H and O–H groups in total. The summed E-state index contributed by atoms with van der Waals surface area (Å²) in [6, 6.07) is 15.6. The molecule has 2 aromatic carbocycles. The number of hydrogen-bond donors (Lipinski definition) is 1. The predicted molar refractivity (Wildman–Crippen MR) is 126 cm³/mol. The van der Waals surface area contributed by atoms with Gasteiger partial charge in [-0.15, -0.1) is 5.10 Å². The molecule has 0 bridgehead atoms. The highest BCUT2D eigenvalue weighted by Crippen LogP contribution is 2.32. The lowest BCUT2D eigenvalue weighted by atomic mass is 10.0. The van der Waals surface area contributed by atoms with Crippen LogP contribution in [0.25, 0.3) is 0 Å². The van der Waals surface area contributed by atoms with E-state index >= 15 is 0 Å². The van der Waals surface area contributed by atoms with Crippen molar-refractivity contribution in [3.63, 3.8) is 0 Å². The van der Waals surface area contributed by atoms with Crippen molar-refractivity contribution >= 4 is 23.2 Å². The lowest BCUT2D eigenvalue weighted by Gasteiger charge is -2.24. The summed E-state index contributed by atoms with van der Waals surface area (Å²) < 4.78 is 1.63. The fourth-order valence-corrected chi connectivity index (χ4v) is 4.63. The third-order valence-corrected chi connectivity index (χ3v) is 6.46. The predicted octanol–water partition coefficient (Wildman–Crippen LogP) is 2.63. The molecule has 1 atom stereocenters. The molecule has 1 aromatic heterocycles. The van der Waals surface area contributed by atoms with Crippen LogP contribution in [0.4, 0.5) is 11.4 Å². The molecule has 3 aromatic rings. The Labute approximate surface area is 193 Å². The minimum absolute atomic E-state index is 0.0689. The van der Waals surface area contributed by atoms with Crippen molar-refractivity contribution in [3.8, 4) is 0 Å². The minimum atomic E-state index is -0.619. The van der Waals surface area contributed by atoms with Crippen LogP contribution in [0.15, 0.2) is 54.9 Å². The molecule has 0 spiro atoms. The van der Waals surface area contributed by atoms with Crippen molar-refractivity contribution in [1.29, 1.82) is 0 Å². The molecule has 2 aliphatic heterocycles. The molecule has 0 aliphatic carbocycles. The number of nitrogens with zero attached hydrogens (tertiary/aromatic N) is 5. The largest absolute Gasteiger partial charge is 0.371 e. The van der Waals surface area contributed by atoms with Crippen LogP contribution >= 0.6 is 0 Å². The number of aromatic nitrogens is 3. The van der Waals surface area contributed by atoms with Gasteiger partial charge in [0.15, 0.2) is 0 Å². The number of hydrogen-bond acceptors (Lipinski definition) is 5. The Bertz CT molecular complexity index is 1150. The zero-order chi connectivity index (χ0) is 22.8. The number of likely N-dealkylation sites (N-methyl/N-ethyl adjacent to an activating group) is 1. The van der Waals surface area contributed by atoms with E-state index < -0.39 is 11.9 Å². The van der Waals surface area contributed by atoms with Gasteiger partial charge in [-0.05, 0) is 48.9 Å². The maximum absolute atomic E-state index is 13.2. The summed E-state index contributed by atoms with van der Waals surface area (Å²) in [7, 11) is 1.78. The van der Waals surface area contributed by atoms with Gasteiger partial charge >= 0.3 is 0 Å². The molecule has 0 unspecified atom stereocenters. The highest BCUT2D eigenvalue weighted by molar-refractivity contribution is 6.02. The first-order valence-corrected chi connectivity index (χ1v) is 11.5. The average Bonchev–Trinajstić information content (AvgIpc) is 3.52. The van der Waals surface area contributed by atoms with Gasteiger partial charge in [0.2, 0.25) is 11.7 Å². The molecular formula is C25H28N6O2. The van der Waals surface area contributed by atoms with Crippen LogP contribution in [-0.2, 0) is 17.8 Å². The van der Waals surface area contributed by atoms with E-state index in [9.17, 15) is 9.59 Å². The maximum atomic E-state index is 13.2. The Balaban J connectivity index is 1.27. The summed E-state index contributed by atoms with van der Waals surface area (Å²) in [5, 5.41) is 7.15. The van der Waals surface area contributed by atoms with Gasteiger partial charge < -0.3 is 15.1 Å². The molecule has 2 aliphatic rings. The van der Waals surface area contributed by atoms with Crippen LogP contribution in [0.5, 0.6) is 0 Å². The van der Waals surface area contributed by atoms with Gasteiger partial charge in [0.05, 0.1) is 6.54 Å². The summed E-state index contributed by atoms with van der Waals surface area (Å²) in [4.78, 5) is 34.2. The first-order valence-electron chi connectivity index (χ1n) is 11.5. The average molecular weight is 445 g/mol. The van der Waals surface area contributed by atoms with E-state index in [1.807, 2.05) is 30.3 Å². The lowest BCUT2D eigenvalue weighted by molar-refractivity contribution is -0.120. The molecule has 3 heterocycles. The molecule has 0 saturated carbocycles. The van der Waals surface area contributed by atoms with E-state index in [0.29, 0.717) is 19.4 Å². The standard InChI is InChI=1S/C25H28N6O2/c1-29-22-15-20(30-13-5-6-14-30)11-9-19(22)10-12-21(25(29)33)27-24(32)23-26-17-31(28-23)16-18-7-3-2-4-8-18/h2-4,7-9,11,15,17,21H,5-6,10,12-14,16H2,1H3,(H,27,32)/t21-/m0/s1. The fourth-order valence-electron chi connectivity index (χ4n) is 4.63. The van der Waals surface area contributed by atoms with E-state index in [2.05, 4.69) is 38.5 Å². The number of aryl methyl sites for hydroxylation is 1. The van der Waals surface area contributed by atoms with E-state index in [-0.39, 0.29) is 11.7 Å². The van der Waals surface area contributed by atoms with Gasteiger partial charge in [-0.25, -0.2) is 9.67 Å². The maximum Gasteiger partial charge on any atom is 0.291 e. The Morgan fingerprint density at radius 2 is 1.91 bits per heavy atom. The minimum Gasteiger partial charge on any atom is -0.371 e. The van der Waals surface area contributed by atoms with Crippen molar-refractivity contribution in [1.82, 2.24) is 20.1 Å². The van der Waals surface area contributed by atoms with Crippen molar-refractivity contribution in [2.75, 3.05) is 29.9 Å². The first-order chi connectivity index (χ1) is 16.1. The second-order valence-corrected chi connectivity index (χ2v) is 8.72. The van der Waals surface area contributed by atoms with Gasteiger partial charge in [0.1, 0.15) is 12.4 Å². The molecule has 8 nitrogen and oxygen atoms in total. The summed E-state index contributed by atoms with van der Waals surface area (Å²) in [6.07, 6.45) is 5.20. The summed E-state index contributed by atoms with van der Waals surface area (Å²) in [5.74, 6) is -0.485. The summed E-state index contributed by atoms with van der Waals surface area (Å²) >= 11 is 0. The third kappa shape index (κ3) is 4.46. The van der Waals surface area contributed by atoms with E-state index in [1.165, 1.54) is 12.8 Å². The Hall–Kier alpha value is -3.68. The summed E-state index contributed by atoms with van der Waals surface area (Å²) in [6.45, 7) is 2.64. The zero-order valence-electron chi connectivity index (χ0n) is 18.8. The van der Waals surface area contributed by atoms with Crippen LogP contribution in [0.1, 0.15) is 41.0 Å². The first kappa shape index (κ1) is 21.2. The van der Waals surface area contributed by atoms with Crippen LogP contribution in [0.2, 0.25) is 0 Å². The second kappa shape index (κ2) is 9.05. The van der Waals surface area contributed by atoms with Crippen molar-refractivity contribution in [3.05, 3.63) is 71.8 Å². The van der Waals surface area contributed by atoms with Crippen LogP contribution < -0.4 is 15.1 Å². The van der Waals surface area contributed by atoms with Crippen LogP contribution in [0, 0.1) is 0 Å². The number of nitrogens with one attached hydrogen (secondary N) is 1. The highest BCUT2D eigenvalue weighted by Gasteiger charge is 2.31. The van der Waals surface area contributed by atoms with Crippen molar-refractivity contribution in [2.45, 2.75) is 38.3 Å². The van der Waals surface area contributed by atoms with Gasteiger partial charge in [0, 0.05) is 31.5 Å². The normalized spacial score (nSPS) is 18.2. The Morgan fingerprint density at radius 3 is 2.70 bits per heavy atom. The molecule has 2 amide bonds. The van der Waals surface area contributed by atoms with Gasteiger partial charge in [0.25, 0.3) is 5.91 Å². The number of benzene rings is 2. The van der Waals surface area contributed by atoms with Crippen molar-refractivity contribution < 1.29 is 9.59 Å². The zero-order valence-corrected chi connectivity index (χ0v) is 18.8. The van der Waals surface area contributed by atoms with Crippen LogP contribution in [-0.4, -0.2) is 52.8 Å². The van der Waals surface area contributed by atoms with Gasteiger partial charge in [-0.2, -0.15) is 0 Å². The third-order valence-electron chi connectivity index (χ3n) is 6.46. The summed E-state index contributed by atoms with van der Waals surface area (Å²) in [5.41, 5.74) is 4.27. The molecule has 0 radical (unpaired) electrons. The Morgan fingerprint density at radius 1 is 1.12 bits per heavy atom. The van der Waals surface area contributed by atoms with Crippen molar-refractivity contribution in [2.24, 2.45) is 0 Å². The van der Waals surface area contributed by atoms with E-state index in [1.54, 1.807) is 23.0 Å².